The summed E-state index contributed by atoms with van der Waals surface area (Å²) in [5.41, 5.74) is 0.157. The van der Waals surface area contributed by atoms with Crippen LogP contribution < -0.4 is 4.74 Å². The first-order valence-electron chi connectivity index (χ1n) is 7.32. The number of ether oxygens (including phenoxy) is 2. The topological polar surface area (TPSA) is 76.1 Å². The molecule has 0 saturated carbocycles. The molecule has 120 valence electrons. The standard InChI is InChI=1S/C16H21NO5/c1-10(2)22-16(20)13-5-4-8-17(13)15(19)12-7-6-11(21-3)9-14(12)18/h6-7,9-10,13,18H,4-5,8H2,1-3H3. The van der Waals surface area contributed by atoms with Gasteiger partial charge in [-0.2, -0.15) is 0 Å². The van der Waals surface area contributed by atoms with Crippen molar-refractivity contribution >= 4 is 11.9 Å². The van der Waals surface area contributed by atoms with Gasteiger partial charge in [0.1, 0.15) is 17.5 Å². The summed E-state index contributed by atoms with van der Waals surface area (Å²) in [7, 11) is 1.48. The van der Waals surface area contributed by atoms with Crippen LogP contribution in [0, 0.1) is 0 Å². The molecule has 1 amide bonds. The van der Waals surface area contributed by atoms with Crippen LogP contribution in [0.25, 0.3) is 0 Å². The Balaban J connectivity index is 2.19. The van der Waals surface area contributed by atoms with Crippen molar-refractivity contribution in [2.24, 2.45) is 0 Å². The summed E-state index contributed by atoms with van der Waals surface area (Å²) in [6.07, 6.45) is 1.09. The molecule has 1 aromatic rings. The molecule has 1 aliphatic heterocycles. The Kier molecular flexibility index (Phi) is 4.90. The number of benzene rings is 1. The molecular weight excluding hydrogens is 286 g/mol. The van der Waals surface area contributed by atoms with Crippen molar-refractivity contribution in [1.82, 2.24) is 4.90 Å². The van der Waals surface area contributed by atoms with Gasteiger partial charge < -0.3 is 19.5 Å². The summed E-state index contributed by atoms with van der Waals surface area (Å²) >= 11 is 0. The van der Waals surface area contributed by atoms with Crippen LogP contribution in [0.4, 0.5) is 0 Å². The highest BCUT2D eigenvalue weighted by atomic mass is 16.5. The lowest BCUT2D eigenvalue weighted by molar-refractivity contribution is -0.151. The number of rotatable bonds is 4. The molecule has 0 aromatic heterocycles. The fourth-order valence-electron chi connectivity index (χ4n) is 2.54. The minimum absolute atomic E-state index is 0.157. The van der Waals surface area contributed by atoms with Gasteiger partial charge in [-0.1, -0.05) is 0 Å². The SMILES string of the molecule is COc1ccc(C(=O)N2CCCC2C(=O)OC(C)C)c(O)c1. The molecule has 1 heterocycles. The summed E-state index contributed by atoms with van der Waals surface area (Å²) in [5.74, 6) is -0.462. The predicted octanol–water partition coefficient (Wildman–Crippen LogP) is 1.96. The van der Waals surface area contributed by atoms with Gasteiger partial charge in [0, 0.05) is 12.6 Å². The maximum atomic E-state index is 12.6. The zero-order valence-electron chi connectivity index (χ0n) is 13.0. The van der Waals surface area contributed by atoms with Crippen molar-refractivity contribution < 1.29 is 24.2 Å². The zero-order chi connectivity index (χ0) is 16.3. The Hall–Kier alpha value is -2.24. The van der Waals surface area contributed by atoms with Crippen LogP contribution in [0.5, 0.6) is 11.5 Å². The van der Waals surface area contributed by atoms with E-state index in [-0.39, 0.29) is 23.3 Å². The molecule has 1 saturated heterocycles. The van der Waals surface area contributed by atoms with Crippen LogP contribution in [0.2, 0.25) is 0 Å². The summed E-state index contributed by atoms with van der Waals surface area (Å²) in [4.78, 5) is 26.1. The van der Waals surface area contributed by atoms with Crippen molar-refractivity contribution in [2.45, 2.75) is 38.8 Å². The molecule has 1 N–H and O–H groups in total. The number of carbonyl (C=O) groups is 2. The number of esters is 1. The second-order valence-corrected chi connectivity index (χ2v) is 5.53. The van der Waals surface area contributed by atoms with E-state index in [4.69, 9.17) is 9.47 Å². The largest absolute Gasteiger partial charge is 0.507 e. The van der Waals surface area contributed by atoms with Crippen LogP contribution in [0.15, 0.2) is 18.2 Å². The van der Waals surface area contributed by atoms with E-state index in [2.05, 4.69) is 0 Å². The first-order chi connectivity index (χ1) is 10.4. The van der Waals surface area contributed by atoms with E-state index in [9.17, 15) is 14.7 Å². The smallest absolute Gasteiger partial charge is 0.329 e. The number of likely N-dealkylation sites (tertiary alicyclic amines) is 1. The monoisotopic (exact) mass is 307 g/mol. The molecule has 0 radical (unpaired) electrons. The van der Waals surface area contributed by atoms with Gasteiger partial charge in [-0.05, 0) is 38.8 Å². The first kappa shape index (κ1) is 16.1. The molecule has 6 heteroatoms. The second kappa shape index (κ2) is 6.68. The minimum atomic E-state index is -0.587. The Morgan fingerprint density at radius 2 is 2.09 bits per heavy atom. The number of phenols is 1. The molecule has 0 spiro atoms. The van der Waals surface area contributed by atoms with Crippen LogP contribution in [0.3, 0.4) is 0 Å². The van der Waals surface area contributed by atoms with Gasteiger partial charge in [-0.15, -0.1) is 0 Å². The number of methoxy groups -OCH3 is 1. The lowest BCUT2D eigenvalue weighted by Crippen LogP contribution is -2.42. The summed E-state index contributed by atoms with van der Waals surface area (Å²) < 4.78 is 10.2. The maximum absolute atomic E-state index is 12.6. The highest BCUT2D eigenvalue weighted by Crippen LogP contribution is 2.28. The normalized spacial score (nSPS) is 17.6. The lowest BCUT2D eigenvalue weighted by atomic mass is 10.1. The molecule has 0 bridgehead atoms. The molecule has 1 atom stereocenters. The second-order valence-electron chi connectivity index (χ2n) is 5.53. The van der Waals surface area contributed by atoms with Gasteiger partial charge in [-0.25, -0.2) is 4.79 Å². The predicted molar refractivity (Wildman–Crippen MR) is 79.9 cm³/mol. The van der Waals surface area contributed by atoms with Crippen LogP contribution in [-0.2, 0) is 9.53 Å². The fourth-order valence-corrected chi connectivity index (χ4v) is 2.54. The van der Waals surface area contributed by atoms with Crippen molar-refractivity contribution in [1.29, 1.82) is 0 Å². The van der Waals surface area contributed by atoms with Crippen LogP contribution in [0.1, 0.15) is 37.0 Å². The highest BCUT2D eigenvalue weighted by molar-refractivity contribution is 5.99. The molecule has 2 rings (SSSR count). The van der Waals surface area contributed by atoms with Gasteiger partial charge >= 0.3 is 5.97 Å². The average Bonchev–Trinajstić information content (AvgIpc) is 2.95. The molecule has 6 nitrogen and oxygen atoms in total. The molecule has 1 aliphatic rings. The maximum Gasteiger partial charge on any atom is 0.329 e. The third kappa shape index (κ3) is 3.32. The van der Waals surface area contributed by atoms with Gasteiger partial charge in [-0.3, -0.25) is 4.79 Å². The van der Waals surface area contributed by atoms with E-state index in [0.29, 0.717) is 18.7 Å². The van der Waals surface area contributed by atoms with E-state index >= 15 is 0 Å². The quantitative estimate of drug-likeness (QED) is 0.861. The summed E-state index contributed by atoms with van der Waals surface area (Å²) in [6.45, 7) is 4.02. The Bertz CT molecular complexity index is 570. The van der Waals surface area contributed by atoms with Crippen molar-refractivity contribution in [3.8, 4) is 11.5 Å². The van der Waals surface area contributed by atoms with Gasteiger partial charge in [0.05, 0.1) is 18.8 Å². The number of aromatic hydroxyl groups is 1. The number of phenolic OH excluding ortho intramolecular Hbond substituents is 1. The van der Waals surface area contributed by atoms with Gasteiger partial charge in [0.2, 0.25) is 0 Å². The average molecular weight is 307 g/mol. The zero-order valence-corrected chi connectivity index (χ0v) is 13.0. The molecule has 22 heavy (non-hydrogen) atoms. The third-order valence-corrected chi connectivity index (χ3v) is 3.57. The third-order valence-electron chi connectivity index (χ3n) is 3.57. The van der Waals surface area contributed by atoms with E-state index in [1.54, 1.807) is 19.9 Å². The van der Waals surface area contributed by atoms with Gasteiger partial charge in [0.15, 0.2) is 0 Å². The van der Waals surface area contributed by atoms with Crippen LogP contribution in [-0.4, -0.2) is 47.7 Å². The van der Waals surface area contributed by atoms with E-state index in [0.717, 1.165) is 6.42 Å². The molecule has 1 fully saturated rings. The minimum Gasteiger partial charge on any atom is -0.507 e. The van der Waals surface area contributed by atoms with Gasteiger partial charge in [0.25, 0.3) is 5.91 Å². The van der Waals surface area contributed by atoms with Crippen LogP contribution >= 0.6 is 0 Å². The molecular formula is C16H21NO5. The van der Waals surface area contributed by atoms with Crippen molar-refractivity contribution in [2.75, 3.05) is 13.7 Å². The number of hydrogen-bond donors (Lipinski definition) is 1. The highest BCUT2D eigenvalue weighted by Gasteiger charge is 2.36. The summed E-state index contributed by atoms with van der Waals surface area (Å²) in [6, 6.07) is 3.89. The lowest BCUT2D eigenvalue weighted by Gasteiger charge is -2.24. The van der Waals surface area contributed by atoms with E-state index in [1.165, 1.54) is 24.1 Å². The number of nitrogens with zero attached hydrogens (tertiary/aromatic N) is 1. The van der Waals surface area contributed by atoms with E-state index < -0.39 is 12.0 Å². The Labute approximate surface area is 129 Å². The van der Waals surface area contributed by atoms with Crippen molar-refractivity contribution in [3.05, 3.63) is 23.8 Å². The fraction of sp³-hybridized carbons (Fsp3) is 0.500. The molecule has 0 aliphatic carbocycles. The number of hydrogen-bond acceptors (Lipinski definition) is 5. The van der Waals surface area contributed by atoms with E-state index in [1.807, 2.05) is 0 Å². The Morgan fingerprint density at radius 3 is 2.68 bits per heavy atom. The number of carbonyl (C=O) groups excluding carboxylic acids is 2. The molecule has 1 unspecified atom stereocenters. The Morgan fingerprint density at radius 1 is 1.36 bits per heavy atom. The summed E-state index contributed by atoms with van der Waals surface area (Å²) in [5, 5.41) is 9.98. The van der Waals surface area contributed by atoms with Crippen molar-refractivity contribution in [3.63, 3.8) is 0 Å². The molecule has 1 aromatic carbocycles. The first-order valence-corrected chi connectivity index (χ1v) is 7.32. The number of amides is 1.